The lowest BCUT2D eigenvalue weighted by atomic mass is 9.83. The van der Waals surface area contributed by atoms with Crippen molar-refractivity contribution >= 4 is 28.9 Å². The Kier molecular flexibility index (Phi) is 8.88. The Morgan fingerprint density at radius 1 is 0.695 bits per heavy atom. The number of rotatable bonds is 8. The zero-order valence-electron chi connectivity index (χ0n) is 32.9. The van der Waals surface area contributed by atoms with E-state index in [-0.39, 0.29) is 6.04 Å². The average molecular weight is 759 g/mol. The van der Waals surface area contributed by atoms with Gasteiger partial charge in [-0.15, -0.1) is 0 Å². The van der Waals surface area contributed by atoms with Gasteiger partial charge >= 0.3 is 0 Å². The quantitative estimate of drug-likeness (QED) is 0.154. The van der Waals surface area contributed by atoms with Gasteiger partial charge in [-0.1, -0.05) is 165 Å². The van der Waals surface area contributed by atoms with Crippen LogP contribution in [-0.2, 0) is 0 Å². The fourth-order valence-corrected chi connectivity index (χ4v) is 9.14. The third kappa shape index (κ3) is 5.64. The van der Waals surface area contributed by atoms with E-state index in [2.05, 4.69) is 205 Å². The van der Waals surface area contributed by atoms with E-state index >= 15 is 0 Å². The summed E-state index contributed by atoms with van der Waals surface area (Å²) in [6, 6.07) is 45.9. The molecule has 1 unspecified atom stereocenters. The normalized spacial score (nSPS) is 15.3. The molecule has 3 aliphatic rings. The summed E-state index contributed by atoms with van der Waals surface area (Å²) in [6.45, 7) is 14.7. The van der Waals surface area contributed by atoms with Crippen LogP contribution in [0.3, 0.4) is 0 Å². The number of para-hydroxylation sites is 3. The molecule has 0 radical (unpaired) electrons. The van der Waals surface area contributed by atoms with Crippen molar-refractivity contribution in [2.75, 3.05) is 0 Å². The van der Waals surface area contributed by atoms with Crippen molar-refractivity contribution in [3.05, 3.63) is 229 Å². The number of fused-ring (bicyclic) bond motifs is 11. The Hall–Kier alpha value is -7.69. The first kappa shape index (κ1) is 35.7. The van der Waals surface area contributed by atoms with E-state index in [1.807, 2.05) is 18.2 Å². The van der Waals surface area contributed by atoms with E-state index in [1.165, 1.54) is 10.9 Å². The summed E-state index contributed by atoms with van der Waals surface area (Å²) in [7, 11) is 0. The maximum absolute atomic E-state index is 5.37. The number of aromatic nitrogens is 2. The number of allylic oxidation sites excluding steroid dienone is 6. The van der Waals surface area contributed by atoms with Crippen molar-refractivity contribution in [3.63, 3.8) is 0 Å². The summed E-state index contributed by atoms with van der Waals surface area (Å²) in [5.41, 5.74) is 18.5. The Labute approximate surface area is 345 Å². The number of amidine groups is 1. The third-order valence-corrected chi connectivity index (χ3v) is 11.6. The van der Waals surface area contributed by atoms with Crippen molar-refractivity contribution in [2.24, 2.45) is 4.99 Å². The van der Waals surface area contributed by atoms with Crippen LogP contribution in [0.2, 0.25) is 0 Å². The zero-order chi connectivity index (χ0) is 40.0. The number of hydrogen-bond acceptors (Lipinski definition) is 2. The molecule has 1 N–H and O–H groups in total. The molecule has 0 saturated carbocycles. The lowest BCUT2D eigenvalue weighted by Crippen LogP contribution is -2.39. The molecule has 10 rings (SSSR count). The lowest BCUT2D eigenvalue weighted by molar-refractivity contribution is 0.810. The van der Waals surface area contributed by atoms with Gasteiger partial charge in [0, 0.05) is 55.7 Å². The Morgan fingerprint density at radius 2 is 1.37 bits per heavy atom. The van der Waals surface area contributed by atoms with Crippen LogP contribution >= 0.6 is 0 Å². The number of benzene rings is 5. The molecule has 0 saturated heterocycles. The van der Waals surface area contributed by atoms with Gasteiger partial charge in [0.2, 0.25) is 0 Å². The molecule has 0 amide bonds. The van der Waals surface area contributed by atoms with Gasteiger partial charge in [0.05, 0.1) is 34.3 Å². The van der Waals surface area contributed by atoms with E-state index in [0.29, 0.717) is 0 Å². The molecular weight excluding hydrogens is 717 g/mol. The molecule has 282 valence electrons. The van der Waals surface area contributed by atoms with E-state index in [0.717, 1.165) is 95.6 Å². The molecule has 3 heterocycles. The maximum Gasteiger partial charge on any atom is 0.134 e. The summed E-state index contributed by atoms with van der Waals surface area (Å²) in [4.78, 5) is 5.37. The minimum Gasteiger partial charge on any atom is -0.359 e. The number of nitrogens with one attached hydrogen (secondary N) is 1. The highest BCUT2D eigenvalue weighted by Gasteiger charge is 2.34. The minimum absolute atomic E-state index is 0.0549. The Bertz CT molecular complexity index is 3060. The van der Waals surface area contributed by atoms with Gasteiger partial charge in [0.15, 0.2) is 0 Å². The summed E-state index contributed by atoms with van der Waals surface area (Å²) in [5.74, 6) is 0.795. The van der Waals surface area contributed by atoms with Crippen molar-refractivity contribution in [1.29, 1.82) is 0 Å². The van der Waals surface area contributed by atoms with Crippen molar-refractivity contribution in [2.45, 2.75) is 13.0 Å². The van der Waals surface area contributed by atoms with E-state index < -0.39 is 0 Å². The summed E-state index contributed by atoms with van der Waals surface area (Å²) >= 11 is 0. The van der Waals surface area contributed by atoms with Gasteiger partial charge in [-0.3, -0.25) is 0 Å². The van der Waals surface area contributed by atoms with Gasteiger partial charge in [0.25, 0.3) is 0 Å². The van der Waals surface area contributed by atoms with E-state index in [1.54, 1.807) is 6.08 Å². The molecule has 4 nitrogen and oxygen atoms in total. The van der Waals surface area contributed by atoms with Crippen LogP contribution in [0.15, 0.2) is 218 Å². The van der Waals surface area contributed by atoms with Crippen LogP contribution in [0.1, 0.15) is 23.7 Å². The standard InChI is InChI=1S/C55H42N4/c1-5-21-36(7-3)52-43-29-17-19-31-47(43)56-55(57-52)37-33-34-40-46(35-37)51-44(22-6-2)48(8-4)58(38-23-11-9-12-24-38)54(51)42-28-16-15-27-41(42)53-50(40)45-30-18-20-32-49(45)59(53)39-25-13-10-14-26-39/h5-35,47H,1,3-4H2,2H3,(H,56,57)/b22-6-,36-21+,50-40?,51-46?,53-41?,54-42?. The minimum atomic E-state index is -0.0549. The topological polar surface area (TPSA) is 34.2 Å². The average Bonchev–Trinajstić information content (AvgIpc) is 3.80. The Morgan fingerprint density at radius 3 is 2.07 bits per heavy atom. The highest BCUT2D eigenvalue weighted by molar-refractivity contribution is 6.15. The van der Waals surface area contributed by atoms with Gasteiger partial charge in [-0.05, 0) is 66.1 Å². The molecule has 2 aromatic heterocycles. The first-order chi connectivity index (χ1) is 29.1. The van der Waals surface area contributed by atoms with Crippen LogP contribution in [0.5, 0.6) is 0 Å². The monoisotopic (exact) mass is 758 g/mol. The molecule has 5 aromatic carbocycles. The molecule has 1 aliphatic heterocycles. The molecular formula is C55H42N4. The van der Waals surface area contributed by atoms with Crippen LogP contribution in [-0.4, -0.2) is 21.0 Å². The Balaban J connectivity index is 1.38. The SMILES string of the molecule is C=C/C=C(\C=C)C1=C2C=CC=CC2NC(c2ccc3c(c2)-c2c(/C=C\C)c(C=C)n(-c4ccccc4)c2-c2ccccc2-c2c-3c3ccccc3n2-c2ccccc2)=N1. The summed E-state index contributed by atoms with van der Waals surface area (Å²) in [6.07, 6.45) is 20.5. The van der Waals surface area contributed by atoms with Crippen molar-refractivity contribution in [3.8, 4) is 56.1 Å². The number of nitrogens with zero attached hydrogens (tertiary/aromatic N) is 3. The third-order valence-electron chi connectivity index (χ3n) is 11.6. The van der Waals surface area contributed by atoms with E-state index in [9.17, 15) is 0 Å². The second kappa shape index (κ2) is 14.7. The molecule has 59 heavy (non-hydrogen) atoms. The number of hydrogen-bond donors (Lipinski definition) is 1. The maximum atomic E-state index is 5.37. The van der Waals surface area contributed by atoms with Crippen LogP contribution in [0, 0.1) is 0 Å². The second-order valence-electron chi connectivity index (χ2n) is 14.8. The van der Waals surface area contributed by atoms with Gasteiger partial charge in [0.1, 0.15) is 5.84 Å². The van der Waals surface area contributed by atoms with Crippen LogP contribution in [0.4, 0.5) is 0 Å². The predicted octanol–water partition coefficient (Wildman–Crippen LogP) is 13.5. The van der Waals surface area contributed by atoms with Crippen LogP contribution in [0.25, 0.3) is 79.2 Å². The highest BCUT2D eigenvalue weighted by Crippen LogP contribution is 2.55. The summed E-state index contributed by atoms with van der Waals surface area (Å²) in [5, 5.41) is 4.98. The van der Waals surface area contributed by atoms with Crippen molar-refractivity contribution < 1.29 is 0 Å². The fourth-order valence-electron chi connectivity index (χ4n) is 9.14. The lowest BCUT2D eigenvalue weighted by Gasteiger charge is -2.29. The molecule has 0 fully saturated rings. The second-order valence-corrected chi connectivity index (χ2v) is 14.8. The highest BCUT2D eigenvalue weighted by atomic mass is 15.1. The first-order valence-corrected chi connectivity index (χ1v) is 20.1. The smallest absolute Gasteiger partial charge is 0.134 e. The largest absolute Gasteiger partial charge is 0.359 e. The molecule has 4 heteroatoms. The first-order valence-electron chi connectivity index (χ1n) is 20.1. The zero-order valence-corrected chi connectivity index (χ0v) is 32.9. The van der Waals surface area contributed by atoms with Crippen molar-refractivity contribution in [1.82, 2.24) is 14.5 Å². The number of aliphatic imine (C=N–C) groups is 1. The van der Waals surface area contributed by atoms with Gasteiger partial charge < -0.3 is 14.5 Å². The fraction of sp³-hybridized carbons (Fsp3) is 0.0364. The molecule has 1 atom stereocenters. The molecule has 0 spiro atoms. The van der Waals surface area contributed by atoms with Gasteiger partial charge in [-0.2, -0.15) is 0 Å². The molecule has 2 aliphatic carbocycles. The predicted molar refractivity (Wildman–Crippen MR) is 250 cm³/mol. The van der Waals surface area contributed by atoms with Crippen LogP contribution < -0.4 is 5.32 Å². The molecule has 7 aromatic rings. The molecule has 0 bridgehead atoms. The summed E-state index contributed by atoms with van der Waals surface area (Å²) < 4.78 is 4.84. The van der Waals surface area contributed by atoms with Gasteiger partial charge in [-0.25, -0.2) is 4.99 Å². The van der Waals surface area contributed by atoms with E-state index in [4.69, 9.17) is 4.99 Å².